The average molecular weight is 408 g/mol. The van der Waals surface area contributed by atoms with Crippen LogP contribution in [0.3, 0.4) is 0 Å². The Bertz CT molecular complexity index is 806. The number of esters is 1. The van der Waals surface area contributed by atoms with Gasteiger partial charge in [-0.25, -0.2) is 4.79 Å². The first-order valence-electron chi connectivity index (χ1n) is 8.55. The zero-order chi connectivity index (χ0) is 20.2. The van der Waals surface area contributed by atoms with E-state index in [9.17, 15) is 9.59 Å². The van der Waals surface area contributed by atoms with Crippen molar-refractivity contribution in [1.29, 1.82) is 0 Å². The molecule has 27 heavy (non-hydrogen) atoms. The van der Waals surface area contributed by atoms with E-state index >= 15 is 0 Å². The van der Waals surface area contributed by atoms with Crippen molar-refractivity contribution in [3.8, 4) is 0 Å². The molecule has 1 amide bonds. The van der Waals surface area contributed by atoms with E-state index < -0.39 is 12.0 Å². The predicted molar refractivity (Wildman–Crippen MR) is 109 cm³/mol. The lowest BCUT2D eigenvalue weighted by Gasteiger charge is -2.20. The Morgan fingerprint density at radius 3 is 2.07 bits per heavy atom. The van der Waals surface area contributed by atoms with Gasteiger partial charge in [-0.05, 0) is 40.8 Å². The second kappa shape index (κ2) is 8.77. The number of methoxy groups -OCH3 is 1. The lowest BCUT2D eigenvalue weighted by molar-refractivity contribution is -0.142. The molecule has 0 heterocycles. The average Bonchev–Trinajstić information content (AvgIpc) is 2.62. The minimum absolute atomic E-state index is 0.00956. The quantitative estimate of drug-likeness (QED) is 0.723. The summed E-state index contributed by atoms with van der Waals surface area (Å²) in [6.07, 6.45) is 0.136. The summed E-state index contributed by atoms with van der Waals surface area (Å²) >= 11 is 12.4. The van der Waals surface area contributed by atoms with Crippen LogP contribution in [0.2, 0.25) is 10.0 Å². The molecule has 0 bridgehead atoms. The summed E-state index contributed by atoms with van der Waals surface area (Å²) in [5, 5.41) is 3.58. The van der Waals surface area contributed by atoms with Crippen molar-refractivity contribution in [1.82, 2.24) is 5.32 Å². The normalized spacial score (nSPS) is 12.4. The number of carbonyl (C=O) groups is 2. The molecule has 1 atom stereocenters. The second-order valence-electron chi connectivity index (χ2n) is 7.28. The third kappa shape index (κ3) is 5.47. The molecule has 0 fully saturated rings. The van der Waals surface area contributed by atoms with Gasteiger partial charge in [-0.15, -0.1) is 0 Å². The zero-order valence-corrected chi connectivity index (χ0v) is 17.3. The number of carbonyl (C=O) groups excluding carboxylic acids is 2. The second-order valence-corrected chi connectivity index (χ2v) is 8.10. The van der Waals surface area contributed by atoms with Crippen molar-refractivity contribution in [3.05, 3.63) is 69.2 Å². The molecular weight excluding hydrogens is 385 g/mol. The highest BCUT2D eigenvalue weighted by molar-refractivity contribution is 6.36. The molecule has 2 aromatic carbocycles. The van der Waals surface area contributed by atoms with Crippen LogP contribution < -0.4 is 5.32 Å². The maximum Gasteiger partial charge on any atom is 0.328 e. The van der Waals surface area contributed by atoms with Crippen LogP contribution >= 0.6 is 23.2 Å². The zero-order valence-electron chi connectivity index (χ0n) is 15.8. The molecule has 1 N–H and O–H groups in total. The highest BCUT2D eigenvalue weighted by Gasteiger charge is 2.25. The van der Waals surface area contributed by atoms with Crippen LogP contribution in [0.5, 0.6) is 0 Å². The fourth-order valence-electron chi connectivity index (χ4n) is 2.63. The summed E-state index contributed by atoms with van der Waals surface area (Å²) in [6, 6.07) is 11.5. The largest absolute Gasteiger partial charge is 0.467 e. The van der Waals surface area contributed by atoms with E-state index in [-0.39, 0.29) is 17.7 Å². The minimum atomic E-state index is -0.901. The lowest BCUT2D eigenvalue weighted by Crippen LogP contribution is -2.43. The van der Waals surface area contributed by atoms with Gasteiger partial charge < -0.3 is 10.1 Å². The van der Waals surface area contributed by atoms with Gasteiger partial charge in [-0.3, -0.25) is 4.79 Å². The molecule has 0 aliphatic rings. The maximum absolute atomic E-state index is 12.6. The minimum Gasteiger partial charge on any atom is -0.467 e. The summed E-state index contributed by atoms with van der Waals surface area (Å²) < 4.78 is 4.83. The lowest BCUT2D eigenvalue weighted by atomic mass is 9.86. The summed E-state index contributed by atoms with van der Waals surface area (Å²) in [6.45, 7) is 6.30. The van der Waals surface area contributed by atoms with Crippen LogP contribution in [0.25, 0.3) is 0 Å². The van der Waals surface area contributed by atoms with Gasteiger partial charge in [0.2, 0.25) is 0 Å². The van der Waals surface area contributed by atoms with Crippen molar-refractivity contribution in [2.45, 2.75) is 38.6 Å². The molecule has 0 radical (unpaired) electrons. The SMILES string of the molecule is COC(=O)[C@H](Cc1c(Cl)cccc1Cl)NC(=O)c1ccc(C(C)(C)C)cc1. The number of rotatable bonds is 5. The Kier molecular flexibility index (Phi) is 6.90. The third-order valence-corrected chi connectivity index (χ3v) is 4.98. The number of nitrogens with one attached hydrogen (secondary N) is 1. The van der Waals surface area contributed by atoms with Gasteiger partial charge in [0.1, 0.15) is 6.04 Å². The molecule has 0 aromatic heterocycles. The number of hydrogen-bond acceptors (Lipinski definition) is 3. The molecule has 0 saturated heterocycles. The van der Waals surface area contributed by atoms with Gasteiger partial charge in [-0.2, -0.15) is 0 Å². The van der Waals surface area contributed by atoms with Crippen LogP contribution in [-0.4, -0.2) is 25.0 Å². The fourth-order valence-corrected chi connectivity index (χ4v) is 3.18. The van der Waals surface area contributed by atoms with Gasteiger partial charge in [0.15, 0.2) is 0 Å². The number of ether oxygens (including phenoxy) is 1. The molecule has 4 nitrogen and oxygen atoms in total. The Labute approximate surface area is 169 Å². The third-order valence-electron chi connectivity index (χ3n) is 4.27. The van der Waals surface area contributed by atoms with Crippen LogP contribution in [-0.2, 0) is 21.4 Å². The molecule has 144 valence electrons. The van der Waals surface area contributed by atoms with E-state index in [0.29, 0.717) is 21.2 Å². The van der Waals surface area contributed by atoms with Crippen LogP contribution in [0.1, 0.15) is 42.3 Å². The first-order chi connectivity index (χ1) is 12.6. The monoisotopic (exact) mass is 407 g/mol. The van der Waals surface area contributed by atoms with Crippen molar-refractivity contribution in [2.24, 2.45) is 0 Å². The first-order valence-corrected chi connectivity index (χ1v) is 9.31. The van der Waals surface area contributed by atoms with E-state index in [1.54, 1.807) is 30.3 Å². The Hall–Kier alpha value is -2.04. The van der Waals surface area contributed by atoms with E-state index in [4.69, 9.17) is 27.9 Å². The summed E-state index contributed by atoms with van der Waals surface area (Å²) in [5.74, 6) is -0.931. The Morgan fingerprint density at radius 2 is 1.59 bits per heavy atom. The number of benzene rings is 2. The molecule has 2 rings (SSSR count). The van der Waals surface area contributed by atoms with Crippen molar-refractivity contribution < 1.29 is 14.3 Å². The van der Waals surface area contributed by atoms with Gasteiger partial charge in [0, 0.05) is 22.0 Å². The predicted octanol–water partition coefficient (Wildman–Crippen LogP) is 4.81. The number of amides is 1. The Balaban J connectivity index is 2.21. The molecule has 2 aromatic rings. The standard InChI is InChI=1S/C21H23Cl2NO3/c1-21(2,3)14-10-8-13(9-11-14)19(25)24-18(20(26)27-4)12-15-16(22)6-5-7-17(15)23/h5-11,18H,12H2,1-4H3,(H,24,25)/t18-/m0/s1. The van der Waals surface area contributed by atoms with E-state index in [2.05, 4.69) is 26.1 Å². The topological polar surface area (TPSA) is 55.4 Å². The van der Waals surface area contributed by atoms with Crippen LogP contribution in [0.15, 0.2) is 42.5 Å². The maximum atomic E-state index is 12.6. The van der Waals surface area contributed by atoms with Gasteiger partial charge in [0.25, 0.3) is 5.91 Å². The summed E-state index contributed by atoms with van der Waals surface area (Å²) in [5.41, 5.74) is 2.15. The summed E-state index contributed by atoms with van der Waals surface area (Å²) in [4.78, 5) is 24.8. The first kappa shape index (κ1) is 21.3. The number of halogens is 2. The molecular formula is C21H23Cl2NO3. The van der Waals surface area contributed by atoms with E-state index in [1.165, 1.54) is 7.11 Å². The van der Waals surface area contributed by atoms with Gasteiger partial charge >= 0.3 is 5.97 Å². The number of hydrogen-bond donors (Lipinski definition) is 1. The molecule has 0 aliphatic carbocycles. The highest BCUT2D eigenvalue weighted by Crippen LogP contribution is 2.26. The van der Waals surface area contributed by atoms with Gasteiger partial charge in [-0.1, -0.05) is 62.2 Å². The molecule has 0 spiro atoms. The van der Waals surface area contributed by atoms with E-state index in [0.717, 1.165) is 5.56 Å². The van der Waals surface area contributed by atoms with Crippen molar-refractivity contribution >= 4 is 35.1 Å². The Morgan fingerprint density at radius 1 is 1.04 bits per heavy atom. The fraction of sp³-hybridized carbons (Fsp3) is 0.333. The van der Waals surface area contributed by atoms with Crippen LogP contribution in [0.4, 0.5) is 0 Å². The summed E-state index contributed by atoms with van der Waals surface area (Å²) in [7, 11) is 1.27. The molecule has 6 heteroatoms. The van der Waals surface area contributed by atoms with Crippen LogP contribution in [0, 0.1) is 0 Å². The van der Waals surface area contributed by atoms with Crippen molar-refractivity contribution in [2.75, 3.05) is 7.11 Å². The molecule has 0 saturated carbocycles. The van der Waals surface area contributed by atoms with Crippen molar-refractivity contribution in [3.63, 3.8) is 0 Å². The smallest absolute Gasteiger partial charge is 0.328 e. The molecule has 0 aliphatic heterocycles. The van der Waals surface area contributed by atoms with E-state index in [1.807, 2.05) is 12.1 Å². The van der Waals surface area contributed by atoms with Gasteiger partial charge in [0.05, 0.1) is 7.11 Å². The molecule has 0 unspecified atom stereocenters. The highest BCUT2D eigenvalue weighted by atomic mass is 35.5.